The van der Waals surface area contributed by atoms with Crippen LogP contribution in [0.4, 0.5) is 0 Å². The molecular weight excluding hydrogens is 136 g/mol. The molecule has 0 fully saturated rings. The molecule has 2 radical (unpaired) electrons. The monoisotopic (exact) mass is 144 g/mol. The van der Waals surface area contributed by atoms with Gasteiger partial charge in [-0.05, 0) is 6.42 Å². The van der Waals surface area contributed by atoms with Gasteiger partial charge in [-0.2, -0.15) is 0 Å². The van der Waals surface area contributed by atoms with E-state index in [1.807, 2.05) is 0 Å². The first kappa shape index (κ1) is 8.94. The Morgan fingerprint density at radius 1 is 1.20 bits per heavy atom. The van der Waals surface area contributed by atoms with Gasteiger partial charge in [-0.15, -0.1) is 0 Å². The Bertz CT molecular complexity index is 127. The van der Waals surface area contributed by atoms with E-state index < -0.39 is 17.9 Å². The average molecular weight is 144 g/mol. The van der Waals surface area contributed by atoms with Crippen LogP contribution in [0.25, 0.3) is 0 Å². The van der Waals surface area contributed by atoms with Gasteiger partial charge in [-0.1, -0.05) is 13.3 Å². The summed E-state index contributed by atoms with van der Waals surface area (Å²) in [6.07, 6.45) is 0.290. The Morgan fingerprint density at radius 3 is 1.70 bits per heavy atom. The highest BCUT2D eigenvalue weighted by atomic mass is 16.4. The standard InChI is InChI=1S/C6H8O4/c1-2-3-4(5(7)8)6(9)10/h1-3H2,(H,7,8)(H,9,10). The molecule has 0 aliphatic heterocycles. The maximum atomic E-state index is 10.1. The van der Waals surface area contributed by atoms with Crippen molar-refractivity contribution in [2.24, 2.45) is 0 Å². The van der Waals surface area contributed by atoms with Crippen molar-refractivity contribution in [3.8, 4) is 0 Å². The lowest BCUT2D eigenvalue weighted by Crippen LogP contribution is -2.20. The second-order valence-corrected chi connectivity index (χ2v) is 1.69. The van der Waals surface area contributed by atoms with E-state index in [2.05, 4.69) is 6.92 Å². The molecule has 0 aliphatic carbocycles. The fraction of sp³-hybridized carbons (Fsp3) is 0.333. The van der Waals surface area contributed by atoms with Gasteiger partial charge >= 0.3 is 11.9 Å². The minimum absolute atomic E-state index is 0.00463. The SMILES string of the molecule is [CH2]CC[C](C(=O)O)C(=O)O. The molecular formula is C6H8O4. The van der Waals surface area contributed by atoms with E-state index >= 15 is 0 Å². The molecule has 0 saturated heterocycles. The van der Waals surface area contributed by atoms with Crippen molar-refractivity contribution in [2.75, 3.05) is 0 Å². The van der Waals surface area contributed by atoms with Crippen LogP contribution in [0.1, 0.15) is 12.8 Å². The van der Waals surface area contributed by atoms with Gasteiger partial charge in [-0.25, -0.2) is 0 Å². The molecule has 10 heavy (non-hydrogen) atoms. The molecule has 4 nitrogen and oxygen atoms in total. The third-order valence-corrected chi connectivity index (χ3v) is 0.943. The Hall–Kier alpha value is -1.06. The van der Waals surface area contributed by atoms with E-state index in [9.17, 15) is 9.59 Å². The molecule has 0 bridgehead atoms. The topological polar surface area (TPSA) is 74.6 Å². The van der Waals surface area contributed by atoms with Crippen LogP contribution in [0.5, 0.6) is 0 Å². The van der Waals surface area contributed by atoms with Crippen molar-refractivity contribution in [2.45, 2.75) is 12.8 Å². The van der Waals surface area contributed by atoms with Crippen molar-refractivity contribution in [1.29, 1.82) is 0 Å². The molecule has 0 spiro atoms. The summed E-state index contributed by atoms with van der Waals surface area (Å²) in [5.41, 5.74) is 0. The summed E-state index contributed by atoms with van der Waals surface area (Å²) < 4.78 is 0. The van der Waals surface area contributed by atoms with Crippen molar-refractivity contribution < 1.29 is 19.8 Å². The first-order valence-corrected chi connectivity index (χ1v) is 2.71. The smallest absolute Gasteiger partial charge is 0.322 e. The van der Waals surface area contributed by atoms with Crippen molar-refractivity contribution in [1.82, 2.24) is 0 Å². The molecule has 56 valence electrons. The molecule has 4 heteroatoms. The maximum Gasteiger partial charge on any atom is 0.322 e. The van der Waals surface area contributed by atoms with Crippen molar-refractivity contribution >= 4 is 11.9 Å². The maximum absolute atomic E-state index is 10.1. The summed E-state index contributed by atoms with van der Waals surface area (Å²) in [7, 11) is 0. The first-order valence-electron chi connectivity index (χ1n) is 2.71. The second kappa shape index (κ2) is 3.87. The van der Waals surface area contributed by atoms with E-state index in [4.69, 9.17) is 10.2 Å². The highest BCUT2D eigenvalue weighted by molar-refractivity contribution is 6.07. The van der Waals surface area contributed by atoms with Gasteiger partial charge in [0.15, 0.2) is 5.92 Å². The van der Waals surface area contributed by atoms with E-state index in [0.29, 0.717) is 0 Å². The van der Waals surface area contributed by atoms with Crippen LogP contribution in [-0.4, -0.2) is 22.2 Å². The molecule has 0 heterocycles. The number of hydrogen-bond donors (Lipinski definition) is 2. The molecule has 2 N–H and O–H groups in total. The lowest BCUT2D eigenvalue weighted by molar-refractivity contribution is -0.144. The van der Waals surface area contributed by atoms with Gasteiger partial charge in [0.25, 0.3) is 0 Å². The zero-order chi connectivity index (χ0) is 8.15. The van der Waals surface area contributed by atoms with Gasteiger partial charge in [0.05, 0.1) is 0 Å². The Morgan fingerprint density at radius 2 is 1.60 bits per heavy atom. The molecule has 0 rings (SSSR count). The van der Waals surface area contributed by atoms with Gasteiger partial charge in [0.2, 0.25) is 0 Å². The van der Waals surface area contributed by atoms with Gasteiger partial charge < -0.3 is 10.2 Å². The molecule has 0 atom stereocenters. The number of rotatable bonds is 4. The van der Waals surface area contributed by atoms with Crippen LogP contribution in [-0.2, 0) is 9.59 Å². The lowest BCUT2D eigenvalue weighted by Gasteiger charge is -2.01. The minimum atomic E-state index is -1.38. The second-order valence-electron chi connectivity index (χ2n) is 1.69. The Labute approximate surface area is 58.5 Å². The number of carboxylic acids is 2. The summed E-state index contributed by atoms with van der Waals surface area (Å²) in [6, 6.07) is 0. The third-order valence-electron chi connectivity index (χ3n) is 0.943. The third kappa shape index (κ3) is 2.48. The molecule has 0 aliphatic rings. The summed E-state index contributed by atoms with van der Waals surface area (Å²) in [5.74, 6) is -3.26. The van der Waals surface area contributed by atoms with E-state index in [0.717, 1.165) is 0 Å². The van der Waals surface area contributed by atoms with Crippen molar-refractivity contribution in [3.05, 3.63) is 12.8 Å². The summed E-state index contributed by atoms with van der Waals surface area (Å²) >= 11 is 0. The van der Waals surface area contributed by atoms with Crippen LogP contribution >= 0.6 is 0 Å². The molecule has 0 aromatic rings. The average Bonchev–Trinajstić information content (AvgIpc) is 1.81. The Balaban J connectivity index is 3.98. The van der Waals surface area contributed by atoms with E-state index in [1.165, 1.54) is 0 Å². The summed E-state index contributed by atoms with van der Waals surface area (Å²) in [5, 5.41) is 16.5. The number of carboxylic acid groups (broad SMARTS) is 2. The predicted octanol–water partition coefficient (Wildman–Crippen LogP) is 0.344. The number of hydrogen-bond acceptors (Lipinski definition) is 2. The summed E-state index contributed by atoms with van der Waals surface area (Å²) in [4.78, 5) is 20.2. The highest BCUT2D eigenvalue weighted by Crippen LogP contribution is 2.08. The van der Waals surface area contributed by atoms with Crippen LogP contribution in [0.3, 0.4) is 0 Å². The van der Waals surface area contributed by atoms with Crippen LogP contribution in [0.15, 0.2) is 0 Å². The fourth-order valence-corrected chi connectivity index (χ4v) is 0.482. The Kier molecular flexibility index (Phi) is 3.46. The summed E-state index contributed by atoms with van der Waals surface area (Å²) in [6.45, 7) is 3.34. The number of aliphatic carboxylic acids is 2. The van der Waals surface area contributed by atoms with Crippen LogP contribution in [0.2, 0.25) is 0 Å². The van der Waals surface area contributed by atoms with E-state index in [-0.39, 0.29) is 12.8 Å². The van der Waals surface area contributed by atoms with Gasteiger partial charge in [0, 0.05) is 0 Å². The lowest BCUT2D eigenvalue weighted by atomic mass is 10.1. The van der Waals surface area contributed by atoms with Crippen molar-refractivity contribution in [3.63, 3.8) is 0 Å². The minimum Gasteiger partial charge on any atom is -0.480 e. The molecule has 0 amide bonds. The van der Waals surface area contributed by atoms with Crippen LogP contribution in [0, 0.1) is 12.8 Å². The first-order chi connectivity index (χ1) is 4.59. The van der Waals surface area contributed by atoms with Gasteiger partial charge in [-0.3, -0.25) is 9.59 Å². The van der Waals surface area contributed by atoms with Gasteiger partial charge in [0.1, 0.15) is 0 Å². The highest BCUT2D eigenvalue weighted by Gasteiger charge is 2.25. The quantitative estimate of drug-likeness (QED) is 0.558. The molecule has 0 aromatic heterocycles. The number of carbonyl (C=O) groups is 2. The molecule has 0 unspecified atom stereocenters. The largest absolute Gasteiger partial charge is 0.480 e. The van der Waals surface area contributed by atoms with E-state index in [1.54, 1.807) is 0 Å². The predicted molar refractivity (Wildman–Crippen MR) is 33.1 cm³/mol. The molecule has 0 aromatic carbocycles. The molecule has 0 saturated carbocycles. The normalized spacial score (nSPS) is 9.80. The fourth-order valence-electron chi connectivity index (χ4n) is 0.482. The zero-order valence-corrected chi connectivity index (χ0v) is 5.33. The van der Waals surface area contributed by atoms with Crippen LogP contribution < -0.4 is 0 Å². The zero-order valence-electron chi connectivity index (χ0n) is 5.33.